The fourth-order valence-corrected chi connectivity index (χ4v) is 4.52. The van der Waals surface area contributed by atoms with Crippen molar-refractivity contribution in [3.05, 3.63) is 30.5 Å². The van der Waals surface area contributed by atoms with Crippen molar-refractivity contribution in [3.8, 4) is 0 Å². The van der Waals surface area contributed by atoms with Gasteiger partial charge in [-0.2, -0.15) is 35.7 Å². The van der Waals surface area contributed by atoms with Crippen LogP contribution in [0, 0.1) is 0 Å². The molecule has 1 atom stereocenters. The van der Waals surface area contributed by atoms with Crippen LogP contribution in [0.3, 0.4) is 0 Å². The number of hydrogen-bond acceptors (Lipinski definition) is 7. The number of hydrogen-bond donors (Lipinski definition) is 2. The molecule has 1 aliphatic heterocycles. The standard InChI is InChI=1S/C15H24N6O2S.2C2HF3O2/c1-4-19(5-2)8-14-10-20(9-13-6-7-17-21(13)14)24(22,23)15-11-18(3)12-16-15;2*3-2(4,5)1(6)7/h6-7,11-12,14H,4-5,8-10H2,1-3H3;2*(H,6,7). The molecule has 0 saturated carbocycles. The first-order chi connectivity index (χ1) is 17.3. The van der Waals surface area contributed by atoms with E-state index in [1.165, 1.54) is 10.6 Å². The van der Waals surface area contributed by atoms with Crippen LogP contribution >= 0.6 is 0 Å². The van der Waals surface area contributed by atoms with Crippen molar-refractivity contribution in [1.82, 2.24) is 28.5 Å². The molecule has 0 saturated heterocycles. The van der Waals surface area contributed by atoms with Gasteiger partial charge in [0.25, 0.3) is 10.0 Å². The third-order valence-corrected chi connectivity index (χ3v) is 6.68. The summed E-state index contributed by atoms with van der Waals surface area (Å²) in [6.07, 6.45) is -5.38. The van der Waals surface area contributed by atoms with Gasteiger partial charge in [0.05, 0.1) is 24.6 Å². The number of aryl methyl sites for hydroxylation is 1. The summed E-state index contributed by atoms with van der Waals surface area (Å²) in [5.74, 6) is -5.51. The van der Waals surface area contributed by atoms with E-state index in [9.17, 15) is 34.8 Å². The minimum absolute atomic E-state index is 0.00198. The van der Waals surface area contributed by atoms with Gasteiger partial charge in [-0.25, -0.2) is 23.0 Å². The molecule has 3 heterocycles. The van der Waals surface area contributed by atoms with Crippen LogP contribution in [0.15, 0.2) is 29.8 Å². The highest BCUT2D eigenvalue weighted by Crippen LogP contribution is 2.26. The summed E-state index contributed by atoms with van der Waals surface area (Å²) in [6.45, 7) is 7.58. The van der Waals surface area contributed by atoms with Crippen LogP contribution in [-0.2, 0) is 33.2 Å². The average Bonchev–Trinajstić information content (AvgIpc) is 3.46. The number of rotatable bonds is 6. The number of sulfonamides is 1. The number of aliphatic carboxylic acids is 2. The van der Waals surface area contributed by atoms with Gasteiger partial charge in [0.1, 0.15) is 0 Å². The van der Waals surface area contributed by atoms with E-state index in [4.69, 9.17) is 19.8 Å². The molecule has 0 amide bonds. The number of fused-ring (bicyclic) bond motifs is 1. The quantitative estimate of drug-likeness (QED) is 0.489. The molecule has 1 aliphatic rings. The molecule has 3 rings (SSSR count). The second-order valence-electron chi connectivity index (χ2n) is 7.69. The first-order valence-electron chi connectivity index (χ1n) is 10.7. The Bertz CT molecular complexity index is 1150. The second kappa shape index (κ2) is 13.1. The minimum atomic E-state index is -5.08. The lowest BCUT2D eigenvalue weighted by molar-refractivity contribution is -0.193. The SMILES string of the molecule is CCN(CC)CC1CN(S(=O)(=O)c2cn(C)cn2)Cc2ccnn21.O=C(O)C(F)(F)F.O=C(O)C(F)(F)F. The second-order valence-corrected chi connectivity index (χ2v) is 9.57. The number of carbonyl (C=O) groups is 2. The predicted octanol–water partition coefficient (Wildman–Crippen LogP) is 1.97. The molecule has 2 N–H and O–H groups in total. The Morgan fingerprint density at radius 3 is 1.97 bits per heavy atom. The lowest BCUT2D eigenvalue weighted by Crippen LogP contribution is -2.45. The zero-order valence-corrected chi connectivity index (χ0v) is 21.1. The summed E-state index contributed by atoms with van der Waals surface area (Å²) in [5.41, 5.74) is 0.915. The number of halogens is 6. The topological polar surface area (TPSA) is 151 Å². The fraction of sp³-hybridized carbons (Fsp3) is 0.579. The maximum absolute atomic E-state index is 12.9. The Morgan fingerprint density at radius 2 is 1.58 bits per heavy atom. The van der Waals surface area contributed by atoms with E-state index in [2.05, 4.69) is 28.8 Å². The largest absolute Gasteiger partial charge is 0.490 e. The summed E-state index contributed by atoms with van der Waals surface area (Å²) in [4.78, 5) is 24.1. The maximum Gasteiger partial charge on any atom is 0.490 e. The van der Waals surface area contributed by atoms with Gasteiger partial charge in [-0.15, -0.1) is 0 Å². The van der Waals surface area contributed by atoms with Gasteiger partial charge in [0.2, 0.25) is 0 Å². The number of aromatic nitrogens is 4. The molecule has 0 spiro atoms. The third-order valence-electron chi connectivity index (χ3n) is 4.98. The number of carboxylic acid groups (broad SMARTS) is 2. The molecule has 0 radical (unpaired) electrons. The summed E-state index contributed by atoms with van der Waals surface area (Å²) in [6, 6.07) is 1.89. The van der Waals surface area contributed by atoms with Crippen molar-refractivity contribution in [3.63, 3.8) is 0 Å². The van der Waals surface area contributed by atoms with E-state index >= 15 is 0 Å². The minimum Gasteiger partial charge on any atom is -0.475 e. The highest BCUT2D eigenvalue weighted by molar-refractivity contribution is 7.89. The van der Waals surface area contributed by atoms with Crippen molar-refractivity contribution in [2.24, 2.45) is 7.05 Å². The average molecular weight is 581 g/mol. The van der Waals surface area contributed by atoms with Crippen LogP contribution in [0.25, 0.3) is 0 Å². The fourth-order valence-electron chi connectivity index (χ4n) is 3.11. The van der Waals surface area contributed by atoms with E-state index in [0.717, 1.165) is 25.3 Å². The molecular weight excluding hydrogens is 554 g/mol. The molecule has 2 aromatic heterocycles. The monoisotopic (exact) mass is 580 g/mol. The van der Waals surface area contributed by atoms with E-state index in [1.54, 1.807) is 24.0 Å². The number of nitrogens with zero attached hydrogens (tertiary/aromatic N) is 6. The van der Waals surface area contributed by atoms with E-state index < -0.39 is 34.3 Å². The predicted molar refractivity (Wildman–Crippen MR) is 117 cm³/mol. The maximum atomic E-state index is 12.9. The van der Waals surface area contributed by atoms with E-state index in [-0.39, 0.29) is 11.1 Å². The van der Waals surface area contributed by atoms with Crippen molar-refractivity contribution < 1.29 is 54.6 Å². The van der Waals surface area contributed by atoms with Gasteiger partial charge in [-0.05, 0) is 19.2 Å². The lowest BCUT2D eigenvalue weighted by Gasteiger charge is -2.35. The molecule has 0 aliphatic carbocycles. The summed E-state index contributed by atoms with van der Waals surface area (Å²) >= 11 is 0. The van der Waals surface area contributed by atoms with Crippen LogP contribution in [0.1, 0.15) is 25.6 Å². The van der Waals surface area contributed by atoms with Gasteiger partial charge in [0, 0.05) is 32.5 Å². The molecule has 0 aromatic carbocycles. The number of carboxylic acids is 2. The third kappa shape index (κ3) is 9.28. The van der Waals surface area contributed by atoms with Gasteiger partial charge < -0.3 is 19.7 Å². The highest BCUT2D eigenvalue weighted by atomic mass is 32.2. The first kappa shape index (κ1) is 32.8. The van der Waals surface area contributed by atoms with Crippen LogP contribution < -0.4 is 0 Å². The van der Waals surface area contributed by atoms with Gasteiger partial charge in [0.15, 0.2) is 5.03 Å². The number of imidazole rings is 1. The molecule has 0 bridgehead atoms. The number of likely N-dealkylation sites (N-methyl/N-ethyl adjacent to an activating group) is 1. The molecule has 2 aromatic rings. The van der Waals surface area contributed by atoms with E-state index in [0.29, 0.717) is 13.1 Å². The zero-order chi connectivity index (χ0) is 29.5. The lowest BCUT2D eigenvalue weighted by atomic mass is 10.2. The molecule has 1 unspecified atom stereocenters. The van der Waals surface area contributed by atoms with Gasteiger partial charge >= 0.3 is 24.3 Å². The first-order valence-corrected chi connectivity index (χ1v) is 12.1. The molecule has 12 nitrogen and oxygen atoms in total. The van der Waals surface area contributed by atoms with Crippen molar-refractivity contribution >= 4 is 22.0 Å². The molecule has 19 heteroatoms. The Balaban J connectivity index is 0.000000426. The molecule has 38 heavy (non-hydrogen) atoms. The van der Waals surface area contributed by atoms with Gasteiger partial charge in [-0.3, -0.25) is 4.68 Å². The summed E-state index contributed by atoms with van der Waals surface area (Å²) in [5, 5.41) is 18.7. The normalized spacial score (nSPS) is 16.1. The van der Waals surface area contributed by atoms with E-state index in [1.807, 2.05) is 10.7 Å². The van der Waals surface area contributed by atoms with Gasteiger partial charge in [-0.1, -0.05) is 13.8 Å². The Morgan fingerprint density at radius 1 is 1.08 bits per heavy atom. The van der Waals surface area contributed by atoms with Crippen molar-refractivity contribution in [2.45, 2.75) is 43.8 Å². The molecule has 216 valence electrons. The van der Waals surface area contributed by atoms with Crippen LogP contribution in [0.4, 0.5) is 26.3 Å². The van der Waals surface area contributed by atoms with Crippen LogP contribution in [0.2, 0.25) is 0 Å². The summed E-state index contributed by atoms with van der Waals surface area (Å²) < 4.78 is 94.4. The Labute approximate surface area is 213 Å². The van der Waals surface area contributed by atoms with Crippen LogP contribution in [0.5, 0.6) is 0 Å². The number of alkyl halides is 6. The Kier molecular flexibility index (Phi) is 11.3. The van der Waals surface area contributed by atoms with Crippen LogP contribution in [-0.4, -0.2) is 97.6 Å². The molecule has 0 fully saturated rings. The Hall–Kier alpha value is -3.19. The smallest absolute Gasteiger partial charge is 0.475 e. The zero-order valence-electron chi connectivity index (χ0n) is 20.3. The van der Waals surface area contributed by atoms with Crippen molar-refractivity contribution in [1.29, 1.82) is 0 Å². The molecular formula is C19H26F6N6O6S. The highest BCUT2D eigenvalue weighted by Gasteiger charge is 2.39. The summed E-state index contributed by atoms with van der Waals surface area (Å²) in [7, 11) is -1.84. The van der Waals surface area contributed by atoms with Crippen molar-refractivity contribution in [2.75, 3.05) is 26.2 Å².